The Morgan fingerprint density at radius 3 is 1.57 bits per heavy atom. The maximum absolute atomic E-state index is 14.5. The Bertz CT molecular complexity index is 4040. The summed E-state index contributed by atoms with van der Waals surface area (Å²) < 4.78 is 15.5. The van der Waals surface area contributed by atoms with Gasteiger partial charge in [0.2, 0.25) is 23.2 Å². The second-order valence-corrected chi connectivity index (χ2v) is 20.4. The largest absolute Gasteiger partial charge is 0.503 e. The Labute approximate surface area is 496 Å². The van der Waals surface area contributed by atoms with Crippen molar-refractivity contribution in [3.05, 3.63) is 82.4 Å². The van der Waals surface area contributed by atoms with Crippen LogP contribution in [0.1, 0.15) is 72.3 Å². The third-order valence-electron chi connectivity index (χ3n) is 15.1. The van der Waals surface area contributed by atoms with Crippen molar-refractivity contribution in [3.63, 3.8) is 0 Å². The van der Waals surface area contributed by atoms with Gasteiger partial charge in [0.1, 0.15) is 28.5 Å². The number of methoxy groups -OCH3 is 1. The zero-order valence-corrected chi connectivity index (χ0v) is 45.2. The van der Waals surface area contributed by atoms with Gasteiger partial charge in [-0.05, 0) is 61.4 Å². The lowest BCUT2D eigenvalue weighted by atomic mass is 9.85. The number of carbonyl (C=O) groups is 6. The molecule has 1 unspecified atom stereocenters. The summed E-state index contributed by atoms with van der Waals surface area (Å²) in [6.45, 7) is -2.28. The molecule has 90 heavy (non-hydrogen) atoms. The van der Waals surface area contributed by atoms with E-state index in [0.29, 0.717) is 41.8 Å². The number of hydrogen-bond acceptors (Lipinski definition) is 32. The van der Waals surface area contributed by atoms with Crippen LogP contribution in [0.15, 0.2) is 48.5 Å². The van der Waals surface area contributed by atoms with E-state index in [1.807, 2.05) is 0 Å². The Balaban J connectivity index is 0.972. The fourth-order valence-corrected chi connectivity index (χ4v) is 10.6. The summed E-state index contributed by atoms with van der Waals surface area (Å²) >= 11 is 0. The van der Waals surface area contributed by atoms with Crippen molar-refractivity contribution in [2.45, 2.75) is 66.6 Å². The van der Waals surface area contributed by atoms with Crippen molar-refractivity contribution in [2.24, 2.45) is 11.5 Å². The van der Waals surface area contributed by atoms with E-state index in [0.717, 1.165) is 4.90 Å². The highest BCUT2D eigenvalue weighted by atomic mass is 16.8. The van der Waals surface area contributed by atoms with Gasteiger partial charge in [0, 0.05) is 29.9 Å². The predicted molar refractivity (Wildman–Crippen MR) is 281 cm³/mol. The molecule has 2 fully saturated rings. The average Bonchev–Trinajstić information content (AvgIpc) is 1.02. The molecule has 40 nitrogen and oxygen atoms in total. The number of ether oxygens (including phenoxy) is 3. The molecule has 6 amide bonds. The van der Waals surface area contributed by atoms with E-state index in [4.69, 9.17) is 25.7 Å². The maximum Gasteiger partial charge on any atom is 0.316 e. The molecule has 4 aliphatic rings. The summed E-state index contributed by atoms with van der Waals surface area (Å²) in [5, 5.41) is 244. The number of phenolic OH excluding ortho intramolecular Hbond substituents is 8. The minimum Gasteiger partial charge on any atom is -0.503 e. The van der Waals surface area contributed by atoms with Crippen molar-refractivity contribution in [1.29, 1.82) is 0 Å². The molecule has 25 N–H and O–H groups in total. The predicted octanol–water partition coefficient (Wildman–Crippen LogP) is -7.21. The van der Waals surface area contributed by atoms with Crippen molar-refractivity contribution < 1.29 is 150 Å². The number of primary amides is 2. The first-order chi connectivity index (χ1) is 41.7. The third-order valence-corrected chi connectivity index (χ3v) is 15.1. The lowest BCUT2D eigenvalue weighted by Crippen LogP contribution is -2.89. The molecular weight excluding hydrogens is 1220 g/mol. The van der Waals surface area contributed by atoms with Crippen LogP contribution in [-0.2, 0) is 26.5 Å². The normalized spacial score (nSPS) is 20.4. The highest BCUT2D eigenvalue weighted by Crippen LogP contribution is 2.59. The molecule has 1 atom stereocenters. The molecule has 6 aromatic rings. The number of amides is 6. The average molecular weight is 1270 g/mol. The molecule has 0 radical (unpaired) electrons. The van der Waals surface area contributed by atoms with E-state index in [1.165, 1.54) is 31.4 Å². The number of aliphatic hydroxyl groups is 13. The molecule has 0 aliphatic carbocycles. The van der Waals surface area contributed by atoms with Crippen molar-refractivity contribution >= 4 is 58.2 Å². The van der Waals surface area contributed by atoms with Gasteiger partial charge in [0.25, 0.3) is 47.0 Å². The van der Waals surface area contributed by atoms with Crippen LogP contribution in [0.5, 0.6) is 57.5 Å². The Hall–Kier alpha value is -10.4. The van der Waals surface area contributed by atoms with Crippen LogP contribution in [0.2, 0.25) is 0 Å². The number of aromatic nitrogens is 4. The van der Waals surface area contributed by atoms with E-state index in [1.54, 1.807) is 0 Å². The molecule has 2 saturated heterocycles. The van der Waals surface area contributed by atoms with E-state index in [-0.39, 0.29) is 38.9 Å². The van der Waals surface area contributed by atoms with Gasteiger partial charge >= 0.3 is 23.4 Å². The number of aromatic hydroxyl groups is 8. The number of piperidine rings is 2. The fourth-order valence-electron chi connectivity index (χ4n) is 10.6. The molecule has 0 bridgehead atoms. The summed E-state index contributed by atoms with van der Waals surface area (Å²) in [6, 6.07) is 7.23. The van der Waals surface area contributed by atoms with Crippen LogP contribution in [-0.4, -0.2) is 218 Å². The third kappa shape index (κ3) is 8.41. The number of hydrogen-bond donors (Lipinski definition) is 23. The van der Waals surface area contributed by atoms with Crippen LogP contribution in [0, 0.1) is 0 Å². The SMILES string of the molecule is COc1ccc(-n2nc(C(N)=O)c3c2C(=O)N(c2ccc(N4C(=O)C(O)(O)C(O)(O)C(O)(OCOc5c(O)c(O)c(-n6nc(C(N)=O)c7c6C(=O)N(c6c(O)c(O)c(N8CCCCC8=O)c(O)c6O)C(O)(O)C7)c(O)c5O)C4(O)O)cc2)C(O)(O)C3(O)O)cc1. The number of fused-ring (bicyclic) bond motifs is 2. The molecule has 478 valence electrons. The molecule has 40 heteroatoms. The summed E-state index contributed by atoms with van der Waals surface area (Å²) in [4.78, 5) is 80.2. The quantitative estimate of drug-likeness (QED) is 0.0290. The van der Waals surface area contributed by atoms with E-state index < -0.39 is 209 Å². The topological polar surface area (TPSA) is 656 Å². The number of anilines is 4. The van der Waals surface area contributed by atoms with Gasteiger partial charge in [-0.1, -0.05) is 0 Å². The van der Waals surface area contributed by atoms with E-state index in [2.05, 4.69) is 10.2 Å². The number of phenols is 8. The number of benzene rings is 4. The van der Waals surface area contributed by atoms with E-state index >= 15 is 0 Å². The summed E-state index contributed by atoms with van der Waals surface area (Å²) in [5.41, 5.74) is -1.50. The Kier molecular flexibility index (Phi) is 14.1. The Morgan fingerprint density at radius 2 is 1.04 bits per heavy atom. The first kappa shape index (κ1) is 62.6. The number of carbonyl (C=O) groups excluding carboxylic acids is 6. The minimum absolute atomic E-state index is 0.00113. The molecule has 4 aliphatic heterocycles. The molecule has 10 rings (SSSR count). The van der Waals surface area contributed by atoms with Crippen molar-refractivity contribution in [2.75, 3.05) is 40.0 Å². The van der Waals surface area contributed by atoms with Gasteiger partial charge in [-0.2, -0.15) is 10.2 Å². The van der Waals surface area contributed by atoms with Gasteiger partial charge in [0.15, 0.2) is 58.4 Å². The summed E-state index contributed by atoms with van der Waals surface area (Å²) in [7, 11) is 1.30. The van der Waals surface area contributed by atoms with Gasteiger partial charge in [-0.25, -0.2) is 19.2 Å². The number of nitrogens with two attached hydrogens (primary N) is 2. The summed E-state index contributed by atoms with van der Waals surface area (Å²) in [5.74, 6) is -56.3. The highest BCUT2D eigenvalue weighted by molar-refractivity contribution is 6.14. The smallest absolute Gasteiger partial charge is 0.316 e. The van der Waals surface area contributed by atoms with Gasteiger partial charge < -0.3 is 138 Å². The van der Waals surface area contributed by atoms with Crippen molar-refractivity contribution in [1.82, 2.24) is 19.6 Å². The summed E-state index contributed by atoms with van der Waals surface area (Å²) in [6.07, 6.45) is -0.907. The number of nitrogens with zero attached hydrogens (tertiary/aromatic N) is 8. The zero-order valence-electron chi connectivity index (χ0n) is 45.2. The molecule has 2 aromatic heterocycles. The van der Waals surface area contributed by atoms with Crippen LogP contribution < -0.4 is 40.5 Å². The van der Waals surface area contributed by atoms with Crippen LogP contribution in [0.25, 0.3) is 11.4 Å². The van der Waals surface area contributed by atoms with Gasteiger partial charge in [-0.15, -0.1) is 0 Å². The van der Waals surface area contributed by atoms with E-state index in [9.17, 15) is 136 Å². The second-order valence-electron chi connectivity index (χ2n) is 20.4. The molecule has 6 heterocycles. The zero-order chi connectivity index (χ0) is 66.6. The van der Waals surface area contributed by atoms with Crippen LogP contribution in [0.3, 0.4) is 0 Å². The monoisotopic (exact) mass is 1270 g/mol. The molecule has 4 aromatic carbocycles. The Morgan fingerprint density at radius 1 is 0.556 bits per heavy atom. The molecule has 0 saturated carbocycles. The molecular formula is C50H48N10O30. The van der Waals surface area contributed by atoms with Gasteiger partial charge in [-0.3, -0.25) is 33.7 Å². The van der Waals surface area contributed by atoms with Crippen LogP contribution in [0.4, 0.5) is 22.7 Å². The number of rotatable bonds is 13. The first-order valence-corrected chi connectivity index (χ1v) is 25.3. The van der Waals surface area contributed by atoms with Gasteiger partial charge in [0.05, 0.1) is 24.8 Å². The van der Waals surface area contributed by atoms with Crippen LogP contribution >= 0.6 is 0 Å². The maximum atomic E-state index is 14.5. The first-order valence-electron chi connectivity index (χ1n) is 25.3. The standard InChI is InChI=1S/C50H48N10O30/c1-88-19-11-9-18(10-12-19)59-26-22(24(54-59)40(52)71)45(77,78)49(84,85)56(42(26)73)16-5-7-17(8-6-16)57-43(74)46(79,80)47(81,82)48(83,50(57,86)87)90-15-89-38-36(68)34(66)29(35(67)37(38)69)60-25-20(23(53-60)39(51)70)14-44(75,76)58(41(25)72)28-32(64)30(62)27(31(63)33(28)65)55-13-3-2-4-21(55)61/h5-12,62-69,75-87H,2-4,13-15H2,1H3,(H2,51,70)(H2,52,71). The minimum atomic E-state index is -5.08. The second kappa shape index (κ2) is 20.3. The lowest BCUT2D eigenvalue weighted by molar-refractivity contribution is -0.517. The molecule has 0 spiro atoms. The highest BCUT2D eigenvalue weighted by Gasteiger charge is 2.82. The van der Waals surface area contributed by atoms with Crippen molar-refractivity contribution in [3.8, 4) is 68.9 Å². The fraction of sp³-hybridized carbons (Fsp3) is 0.280. The lowest BCUT2D eigenvalue weighted by Gasteiger charge is -2.56.